The number of thiazole rings is 1. The first-order chi connectivity index (χ1) is 12.6. The number of ether oxygens (including phenoxy) is 2. The van der Waals surface area contributed by atoms with Gasteiger partial charge in [0.1, 0.15) is 17.3 Å². The smallest absolute Gasteiger partial charge is 0.283 e. The van der Waals surface area contributed by atoms with Gasteiger partial charge in [0.05, 0.1) is 30.0 Å². The third-order valence-electron chi connectivity index (χ3n) is 3.93. The Bertz CT molecular complexity index is 1020. The highest BCUT2D eigenvalue weighted by Crippen LogP contribution is 2.25. The largest absolute Gasteiger partial charge is 0.497 e. The maximum Gasteiger partial charge on any atom is 0.283 e. The summed E-state index contributed by atoms with van der Waals surface area (Å²) in [6.45, 7) is 2.73. The number of methoxy groups -OCH3 is 2. The maximum absolute atomic E-state index is 13.5. The van der Waals surface area contributed by atoms with E-state index in [0.29, 0.717) is 28.4 Å². The molecule has 7 heteroatoms. The number of nitrogens with zero attached hydrogens (tertiary/aromatic N) is 2. The molecule has 0 N–H and O–H groups in total. The van der Waals surface area contributed by atoms with Gasteiger partial charge in [0.2, 0.25) is 0 Å². The van der Waals surface area contributed by atoms with Crippen LogP contribution in [0, 0.1) is 5.82 Å². The fourth-order valence-corrected chi connectivity index (χ4v) is 3.77. The normalized spacial score (nSPS) is 11.8. The van der Waals surface area contributed by atoms with E-state index in [-0.39, 0.29) is 5.82 Å². The predicted octanol–water partition coefficient (Wildman–Crippen LogP) is 4.01. The van der Waals surface area contributed by atoms with E-state index in [4.69, 9.17) is 9.47 Å². The molecule has 26 heavy (non-hydrogen) atoms. The number of rotatable bonds is 5. The lowest BCUT2D eigenvalue weighted by Gasteiger charge is -2.07. The summed E-state index contributed by atoms with van der Waals surface area (Å²) >= 11 is 1.29. The SMILES string of the molecule is CCCn1c(=NC(=O)c2ccc(OC)cc2OC)sc2cc(F)ccc21. The van der Waals surface area contributed by atoms with Gasteiger partial charge in [0.25, 0.3) is 5.91 Å². The number of amides is 1. The van der Waals surface area contributed by atoms with E-state index in [1.165, 1.54) is 30.6 Å². The van der Waals surface area contributed by atoms with Crippen molar-refractivity contribution in [3.63, 3.8) is 0 Å². The van der Waals surface area contributed by atoms with Crippen molar-refractivity contribution in [2.45, 2.75) is 19.9 Å². The highest BCUT2D eigenvalue weighted by Gasteiger charge is 2.14. The third-order valence-corrected chi connectivity index (χ3v) is 4.97. The van der Waals surface area contributed by atoms with Crippen molar-refractivity contribution in [1.82, 2.24) is 4.57 Å². The number of aryl methyl sites for hydroxylation is 1. The highest BCUT2D eigenvalue weighted by molar-refractivity contribution is 7.16. The Morgan fingerprint density at radius 1 is 1.19 bits per heavy atom. The van der Waals surface area contributed by atoms with Crippen molar-refractivity contribution in [1.29, 1.82) is 0 Å². The van der Waals surface area contributed by atoms with Crippen molar-refractivity contribution in [2.75, 3.05) is 14.2 Å². The first-order valence-corrected chi connectivity index (χ1v) is 8.99. The average molecular weight is 374 g/mol. The molecule has 0 radical (unpaired) electrons. The van der Waals surface area contributed by atoms with Crippen LogP contribution in [0.4, 0.5) is 4.39 Å². The lowest BCUT2D eigenvalue weighted by molar-refractivity contribution is 0.0995. The Balaban J connectivity index is 2.12. The van der Waals surface area contributed by atoms with Crippen LogP contribution in [0.1, 0.15) is 23.7 Å². The van der Waals surface area contributed by atoms with Crippen LogP contribution in [-0.2, 0) is 6.54 Å². The van der Waals surface area contributed by atoms with Crippen molar-refractivity contribution in [2.24, 2.45) is 4.99 Å². The van der Waals surface area contributed by atoms with Crippen LogP contribution in [0.5, 0.6) is 11.5 Å². The van der Waals surface area contributed by atoms with Gasteiger partial charge < -0.3 is 14.0 Å². The Morgan fingerprint density at radius 2 is 2.00 bits per heavy atom. The summed E-state index contributed by atoms with van der Waals surface area (Å²) in [5.41, 5.74) is 1.21. The summed E-state index contributed by atoms with van der Waals surface area (Å²) in [4.78, 5) is 17.5. The zero-order valence-electron chi connectivity index (χ0n) is 14.8. The van der Waals surface area contributed by atoms with Crippen LogP contribution in [0.3, 0.4) is 0 Å². The Kier molecular flexibility index (Phi) is 5.37. The molecule has 0 spiro atoms. The summed E-state index contributed by atoms with van der Waals surface area (Å²) in [6, 6.07) is 9.55. The van der Waals surface area contributed by atoms with E-state index in [9.17, 15) is 9.18 Å². The zero-order chi connectivity index (χ0) is 18.7. The second-order valence-corrected chi connectivity index (χ2v) is 6.64. The number of benzene rings is 2. The number of fused-ring (bicyclic) bond motifs is 1. The van der Waals surface area contributed by atoms with Gasteiger partial charge in [-0.05, 0) is 36.8 Å². The van der Waals surface area contributed by atoms with Gasteiger partial charge in [-0.15, -0.1) is 0 Å². The Labute approximate surface area is 154 Å². The Hall–Kier alpha value is -2.67. The van der Waals surface area contributed by atoms with Gasteiger partial charge >= 0.3 is 0 Å². The molecule has 2 aromatic carbocycles. The van der Waals surface area contributed by atoms with Gasteiger partial charge in [-0.2, -0.15) is 4.99 Å². The molecule has 1 aromatic heterocycles. The van der Waals surface area contributed by atoms with E-state index in [1.807, 2.05) is 11.5 Å². The molecule has 0 saturated carbocycles. The van der Waals surface area contributed by atoms with Gasteiger partial charge in [0, 0.05) is 12.6 Å². The molecule has 1 heterocycles. The number of carbonyl (C=O) groups is 1. The summed E-state index contributed by atoms with van der Waals surface area (Å²) in [6.07, 6.45) is 0.871. The van der Waals surface area contributed by atoms with Crippen LogP contribution < -0.4 is 14.3 Å². The fourth-order valence-electron chi connectivity index (χ4n) is 2.69. The maximum atomic E-state index is 13.5. The number of aromatic nitrogens is 1. The van der Waals surface area contributed by atoms with E-state index < -0.39 is 5.91 Å². The standard InChI is InChI=1S/C19H19FN2O3S/c1-4-9-22-15-8-5-12(20)10-17(15)26-19(22)21-18(23)14-7-6-13(24-2)11-16(14)25-3/h5-8,10-11H,4,9H2,1-3H3. The lowest BCUT2D eigenvalue weighted by Crippen LogP contribution is -2.17. The minimum atomic E-state index is -0.415. The van der Waals surface area contributed by atoms with Gasteiger partial charge in [-0.3, -0.25) is 4.79 Å². The Morgan fingerprint density at radius 3 is 2.69 bits per heavy atom. The average Bonchev–Trinajstić information content (AvgIpc) is 2.97. The molecule has 0 aliphatic heterocycles. The van der Waals surface area contributed by atoms with Crippen LogP contribution >= 0.6 is 11.3 Å². The van der Waals surface area contributed by atoms with Gasteiger partial charge in [0.15, 0.2) is 4.80 Å². The molecule has 3 aromatic rings. The number of hydrogen-bond acceptors (Lipinski definition) is 4. The van der Waals surface area contributed by atoms with E-state index >= 15 is 0 Å². The van der Waals surface area contributed by atoms with Gasteiger partial charge in [-0.25, -0.2) is 4.39 Å². The monoisotopic (exact) mass is 374 g/mol. The molecule has 5 nitrogen and oxygen atoms in total. The second-order valence-electron chi connectivity index (χ2n) is 5.63. The summed E-state index contributed by atoms with van der Waals surface area (Å²) in [7, 11) is 3.04. The minimum absolute atomic E-state index is 0.308. The number of halogens is 1. The molecule has 0 fully saturated rings. The van der Waals surface area contributed by atoms with Crippen molar-refractivity contribution < 1.29 is 18.7 Å². The van der Waals surface area contributed by atoms with Crippen molar-refractivity contribution >= 4 is 27.5 Å². The first-order valence-electron chi connectivity index (χ1n) is 8.17. The van der Waals surface area contributed by atoms with Crippen LogP contribution in [-0.4, -0.2) is 24.7 Å². The lowest BCUT2D eigenvalue weighted by atomic mass is 10.2. The van der Waals surface area contributed by atoms with Crippen LogP contribution in [0.2, 0.25) is 0 Å². The minimum Gasteiger partial charge on any atom is -0.497 e. The molecule has 0 aliphatic carbocycles. The molecule has 0 aliphatic rings. The second kappa shape index (κ2) is 7.70. The molecule has 1 amide bonds. The molecule has 0 atom stereocenters. The van der Waals surface area contributed by atoms with Gasteiger partial charge in [-0.1, -0.05) is 18.3 Å². The topological polar surface area (TPSA) is 52.8 Å². The summed E-state index contributed by atoms with van der Waals surface area (Å²) in [5, 5.41) is 0. The van der Waals surface area contributed by atoms with Crippen molar-refractivity contribution in [3.05, 3.63) is 52.6 Å². The van der Waals surface area contributed by atoms with Crippen LogP contribution in [0.15, 0.2) is 41.4 Å². The highest BCUT2D eigenvalue weighted by atomic mass is 32.1. The van der Waals surface area contributed by atoms with E-state index in [2.05, 4.69) is 4.99 Å². The summed E-state index contributed by atoms with van der Waals surface area (Å²) < 4.78 is 26.7. The molecule has 136 valence electrons. The van der Waals surface area contributed by atoms with E-state index in [0.717, 1.165) is 16.6 Å². The quantitative estimate of drug-likeness (QED) is 0.678. The first kappa shape index (κ1) is 18.1. The van der Waals surface area contributed by atoms with Crippen LogP contribution in [0.25, 0.3) is 10.2 Å². The molecular weight excluding hydrogens is 355 g/mol. The zero-order valence-corrected chi connectivity index (χ0v) is 15.6. The van der Waals surface area contributed by atoms with E-state index in [1.54, 1.807) is 31.4 Å². The number of hydrogen-bond donors (Lipinski definition) is 0. The number of carbonyl (C=O) groups excluding carboxylic acids is 1. The molecule has 0 bridgehead atoms. The summed E-state index contributed by atoms with van der Waals surface area (Å²) in [5.74, 6) is 0.266. The molecule has 3 rings (SSSR count). The predicted molar refractivity (Wildman–Crippen MR) is 99.5 cm³/mol. The van der Waals surface area contributed by atoms with Crippen molar-refractivity contribution in [3.8, 4) is 11.5 Å². The molecule has 0 saturated heterocycles. The third kappa shape index (κ3) is 3.48. The molecular formula is C19H19FN2O3S. The fraction of sp³-hybridized carbons (Fsp3) is 0.263. The molecule has 0 unspecified atom stereocenters.